The lowest BCUT2D eigenvalue weighted by Crippen LogP contribution is -2.66. The van der Waals surface area contributed by atoms with Gasteiger partial charge >= 0.3 is 5.97 Å². The second-order valence-electron chi connectivity index (χ2n) is 9.20. The lowest BCUT2D eigenvalue weighted by atomic mass is 10.1. The van der Waals surface area contributed by atoms with Crippen molar-refractivity contribution in [2.45, 2.75) is 63.7 Å². The van der Waals surface area contributed by atoms with Gasteiger partial charge in [-0.25, -0.2) is 0 Å². The second-order valence-corrected chi connectivity index (χ2v) is 13.5. The Labute approximate surface area is 187 Å². The quantitative estimate of drug-likeness (QED) is 0.293. The summed E-state index contributed by atoms with van der Waals surface area (Å²) in [7, 11) is -2.49. The van der Waals surface area contributed by atoms with Gasteiger partial charge in [-0.2, -0.15) is 0 Å². The molecule has 1 heterocycles. The molecule has 0 unspecified atom stereocenters. The Bertz CT molecular complexity index is 818. The molecule has 2 aromatic rings. The lowest BCUT2D eigenvalue weighted by Gasteiger charge is -2.43. The van der Waals surface area contributed by atoms with E-state index in [2.05, 4.69) is 81.4 Å². The number of hydrogen-bond acceptors (Lipinski definition) is 4. The number of esters is 1. The normalized spacial score (nSPS) is 20.1. The highest BCUT2D eigenvalue weighted by atomic mass is 28.4. The summed E-state index contributed by atoms with van der Waals surface area (Å²) in [5.41, 5.74) is 0. The van der Waals surface area contributed by atoms with Crippen molar-refractivity contribution in [3.8, 4) is 0 Å². The predicted molar refractivity (Wildman–Crippen MR) is 127 cm³/mol. The fourth-order valence-electron chi connectivity index (χ4n) is 4.36. The van der Waals surface area contributed by atoms with E-state index in [0.717, 1.165) is 12.8 Å². The van der Waals surface area contributed by atoms with Gasteiger partial charge in [0, 0.05) is 13.0 Å². The van der Waals surface area contributed by atoms with E-state index in [-0.39, 0.29) is 23.5 Å². The first kappa shape index (κ1) is 23.5. The third-order valence-electron chi connectivity index (χ3n) is 5.79. The maximum atomic E-state index is 11.5. The van der Waals surface area contributed by atoms with Crippen LogP contribution in [0.4, 0.5) is 0 Å². The number of aliphatic hydroxyl groups excluding tert-OH is 1. The molecule has 0 aromatic heterocycles. The molecule has 2 atom stereocenters. The summed E-state index contributed by atoms with van der Waals surface area (Å²) < 4.78 is 12.1. The number of hydrogen-bond donors (Lipinski definition) is 1. The Hall–Kier alpha value is -2.21. The number of carbonyl (C=O) groups excluding carboxylic acids is 1. The van der Waals surface area contributed by atoms with Crippen LogP contribution in [0.25, 0.3) is 0 Å². The zero-order chi connectivity index (χ0) is 22.3. The van der Waals surface area contributed by atoms with Gasteiger partial charge in [-0.05, 0) is 34.3 Å². The molecule has 5 heteroatoms. The van der Waals surface area contributed by atoms with E-state index in [9.17, 15) is 9.90 Å². The smallest absolute Gasteiger partial charge is 0.309 e. The van der Waals surface area contributed by atoms with E-state index in [0.29, 0.717) is 13.0 Å². The first-order valence-electron chi connectivity index (χ1n) is 11.1. The number of unbranched alkanes of at least 4 members (excludes halogenated alkanes) is 1. The fourth-order valence-corrected chi connectivity index (χ4v) is 8.97. The summed E-state index contributed by atoms with van der Waals surface area (Å²) in [5, 5.41) is 12.3. The molecule has 1 aliphatic rings. The summed E-state index contributed by atoms with van der Waals surface area (Å²) in [6.45, 7) is 7.50. The van der Waals surface area contributed by atoms with Crippen LogP contribution in [-0.4, -0.2) is 38.2 Å². The van der Waals surface area contributed by atoms with Crippen LogP contribution >= 0.6 is 0 Å². The van der Waals surface area contributed by atoms with Crippen LogP contribution in [0.3, 0.4) is 0 Å². The molecule has 0 aliphatic carbocycles. The molecule has 4 nitrogen and oxygen atoms in total. The van der Waals surface area contributed by atoms with Gasteiger partial charge in [0.05, 0.1) is 12.5 Å². The maximum Gasteiger partial charge on any atom is 0.309 e. The number of allylic oxidation sites excluding steroid dienone is 1. The molecule has 166 valence electrons. The van der Waals surface area contributed by atoms with E-state index < -0.39 is 14.4 Å². The summed E-state index contributed by atoms with van der Waals surface area (Å²) >= 11 is 0. The number of benzene rings is 2. The van der Waals surface area contributed by atoms with E-state index in [1.165, 1.54) is 10.4 Å². The average molecular weight is 439 g/mol. The van der Waals surface area contributed by atoms with Crippen molar-refractivity contribution in [2.24, 2.45) is 0 Å². The van der Waals surface area contributed by atoms with Crippen molar-refractivity contribution < 1.29 is 19.1 Å². The summed E-state index contributed by atoms with van der Waals surface area (Å²) in [5.74, 6) is -0.330. The van der Waals surface area contributed by atoms with E-state index in [1.54, 1.807) is 0 Å². The Morgan fingerprint density at radius 1 is 1.06 bits per heavy atom. The van der Waals surface area contributed by atoms with Gasteiger partial charge in [0.25, 0.3) is 8.32 Å². The highest BCUT2D eigenvalue weighted by Gasteiger charge is 2.49. The average Bonchev–Trinajstić information content (AvgIpc) is 2.73. The van der Waals surface area contributed by atoms with E-state index >= 15 is 0 Å². The Morgan fingerprint density at radius 3 is 2.16 bits per heavy atom. The van der Waals surface area contributed by atoms with Crippen LogP contribution < -0.4 is 10.4 Å². The summed E-state index contributed by atoms with van der Waals surface area (Å²) in [4.78, 5) is 11.5. The first-order valence-corrected chi connectivity index (χ1v) is 13.0. The molecule has 0 amide bonds. The van der Waals surface area contributed by atoms with Gasteiger partial charge in [0.2, 0.25) is 0 Å². The third-order valence-corrected chi connectivity index (χ3v) is 10.8. The molecular weight excluding hydrogens is 404 g/mol. The molecular formula is C26H34O4Si. The maximum absolute atomic E-state index is 11.5. The molecule has 0 bridgehead atoms. The minimum Gasteiger partial charge on any atom is -0.458 e. The number of cyclic esters (lactones) is 1. The Kier molecular flexibility index (Phi) is 7.87. The van der Waals surface area contributed by atoms with Crippen LogP contribution in [-0.2, 0) is 14.0 Å². The van der Waals surface area contributed by atoms with Gasteiger partial charge in [0.1, 0.15) is 6.10 Å². The number of aliphatic hydroxyl groups is 1. The summed E-state index contributed by atoms with van der Waals surface area (Å²) in [6, 6.07) is 21.3. The van der Waals surface area contributed by atoms with Gasteiger partial charge in [0.15, 0.2) is 0 Å². The molecule has 2 aromatic carbocycles. The van der Waals surface area contributed by atoms with Crippen molar-refractivity contribution in [3.05, 3.63) is 72.8 Å². The van der Waals surface area contributed by atoms with Crippen molar-refractivity contribution in [2.75, 3.05) is 6.61 Å². The Morgan fingerprint density at radius 2 is 1.65 bits per heavy atom. The lowest BCUT2D eigenvalue weighted by molar-refractivity contribution is -0.156. The molecule has 1 fully saturated rings. The van der Waals surface area contributed by atoms with Crippen LogP contribution in [0.15, 0.2) is 72.8 Å². The fraction of sp³-hybridized carbons (Fsp3) is 0.423. The number of carbonyl (C=O) groups is 1. The monoisotopic (exact) mass is 438 g/mol. The van der Waals surface area contributed by atoms with Crippen molar-refractivity contribution in [3.63, 3.8) is 0 Å². The molecule has 0 saturated carbocycles. The molecule has 0 radical (unpaired) electrons. The SMILES string of the molecule is CC(C)(C)[Si](OCCC/C=C/[C@@H]1C[C@H](O)CC(=O)O1)(c1ccccc1)c1ccccc1. The minimum atomic E-state index is -2.49. The van der Waals surface area contributed by atoms with Crippen molar-refractivity contribution in [1.29, 1.82) is 0 Å². The van der Waals surface area contributed by atoms with E-state index in [4.69, 9.17) is 9.16 Å². The second kappa shape index (κ2) is 10.4. The van der Waals surface area contributed by atoms with Gasteiger partial charge in [-0.3, -0.25) is 4.79 Å². The van der Waals surface area contributed by atoms with Gasteiger partial charge in [-0.15, -0.1) is 0 Å². The van der Waals surface area contributed by atoms with Crippen LogP contribution in [0.2, 0.25) is 5.04 Å². The topological polar surface area (TPSA) is 55.8 Å². The highest BCUT2D eigenvalue weighted by Crippen LogP contribution is 2.36. The van der Waals surface area contributed by atoms with Crippen LogP contribution in [0.5, 0.6) is 0 Å². The zero-order valence-electron chi connectivity index (χ0n) is 18.8. The Balaban J connectivity index is 1.70. The largest absolute Gasteiger partial charge is 0.458 e. The van der Waals surface area contributed by atoms with Gasteiger partial charge < -0.3 is 14.3 Å². The van der Waals surface area contributed by atoms with Crippen molar-refractivity contribution in [1.82, 2.24) is 0 Å². The highest BCUT2D eigenvalue weighted by molar-refractivity contribution is 6.99. The van der Waals surface area contributed by atoms with Gasteiger partial charge in [-0.1, -0.05) is 87.5 Å². The predicted octanol–water partition coefficient (Wildman–Crippen LogP) is 3.97. The first-order chi connectivity index (χ1) is 14.8. The molecule has 1 aliphatic heterocycles. The molecule has 31 heavy (non-hydrogen) atoms. The standard InChI is InChI=1S/C26H34O4Si/c1-26(2,3)31(23-14-8-4-9-15-23,24-16-10-5-11-17-24)29-18-12-6-7-13-22-19-21(27)20-25(28)30-22/h4-5,7-11,13-17,21-22,27H,6,12,18-20H2,1-3H3/b13-7+/t21-,22+/m0/s1. The number of ether oxygens (including phenoxy) is 1. The third kappa shape index (κ3) is 5.73. The molecule has 0 spiro atoms. The van der Waals surface area contributed by atoms with E-state index in [1.807, 2.05) is 12.2 Å². The molecule has 1 saturated heterocycles. The van der Waals surface area contributed by atoms with Crippen molar-refractivity contribution >= 4 is 24.7 Å². The van der Waals surface area contributed by atoms with Crippen LogP contribution in [0, 0.1) is 0 Å². The number of rotatable bonds is 8. The molecule has 1 N–H and O–H groups in total. The zero-order valence-corrected chi connectivity index (χ0v) is 19.8. The molecule has 3 rings (SSSR count). The minimum absolute atomic E-state index is 0.0298. The van der Waals surface area contributed by atoms with Crippen LogP contribution in [0.1, 0.15) is 46.5 Å². The summed E-state index contributed by atoms with van der Waals surface area (Å²) in [6.07, 6.45) is 5.28.